The first kappa shape index (κ1) is 29.7. The molecule has 1 aromatic carbocycles. The second kappa shape index (κ2) is 9.57. The standard InChI is InChI=1S/C38H53NO3/c1-23(2)26-15-20-38(33(39)41)22-21-36(6)28(31(26)38)13-14-30-35(5)18-16-27(24-9-11-25(12-10-24)32(40)42-8)34(3,4)29(35)17-19-37(30,36)7/h9-12,16,26,28-31H,1,13-15,17-22H2,2-8H3,(H2,39,41)/t26-,28?,29-,30+,31+,35-,36+,37+,38-/m0/s1. The Morgan fingerprint density at radius 2 is 1.57 bits per heavy atom. The summed E-state index contributed by atoms with van der Waals surface area (Å²) in [6, 6.07) is 8.02. The molecule has 5 aliphatic carbocycles. The van der Waals surface area contributed by atoms with Gasteiger partial charge in [0.1, 0.15) is 0 Å². The fourth-order valence-electron chi connectivity index (χ4n) is 12.6. The van der Waals surface area contributed by atoms with Crippen LogP contribution in [0.2, 0.25) is 0 Å². The lowest BCUT2D eigenvalue weighted by atomic mass is 9.32. The van der Waals surface area contributed by atoms with Crippen molar-refractivity contribution >= 4 is 17.4 Å². The van der Waals surface area contributed by atoms with Gasteiger partial charge in [0.25, 0.3) is 0 Å². The molecule has 0 bridgehead atoms. The van der Waals surface area contributed by atoms with Gasteiger partial charge in [-0.3, -0.25) is 4.79 Å². The Balaban J connectivity index is 1.36. The van der Waals surface area contributed by atoms with E-state index in [-0.39, 0.29) is 39.0 Å². The quantitative estimate of drug-likeness (QED) is 0.291. The van der Waals surface area contributed by atoms with Crippen molar-refractivity contribution in [1.82, 2.24) is 0 Å². The number of primary amides is 1. The Morgan fingerprint density at radius 1 is 0.881 bits per heavy atom. The molecule has 1 unspecified atom stereocenters. The molecule has 4 fully saturated rings. The van der Waals surface area contributed by atoms with Crippen LogP contribution < -0.4 is 5.73 Å². The predicted molar refractivity (Wildman–Crippen MR) is 169 cm³/mol. The normalized spacial score (nSPS) is 43.6. The maximum atomic E-state index is 13.2. The number of carbonyl (C=O) groups is 2. The molecule has 6 rings (SSSR count). The number of methoxy groups -OCH3 is 1. The highest BCUT2D eigenvalue weighted by Crippen LogP contribution is 2.77. The lowest BCUT2D eigenvalue weighted by Crippen LogP contribution is -2.66. The molecule has 0 heterocycles. The summed E-state index contributed by atoms with van der Waals surface area (Å²) in [5.41, 5.74) is 11.1. The first-order chi connectivity index (χ1) is 19.7. The fourth-order valence-corrected chi connectivity index (χ4v) is 12.6. The maximum absolute atomic E-state index is 13.2. The Bertz CT molecular complexity index is 1340. The largest absolute Gasteiger partial charge is 0.465 e. The number of benzene rings is 1. The van der Waals surface area contributed by atoms with Crippen LogP contribution in [0.4, 0.5) is 0 Å². The van der Waals surface area contributed by atoms with Crippen LogP contribution in [0, 0.1) is 56.7 Å². The van der Waals surface area contributed by atoms with Crippen LogP contribution in [0.1, 0.15) is 115 Å². The summed E-state index contributed by atoms with van der Waals surface area (Å²) >= 11 is 0. The highest BCUT2D eigenvalue weighted by atomic mass is 16.5. The van der Waals surface area contributed by atoms with Crippen molar-refractivity contribution < 1.29 is 14.3 Å². The molecule has 4 saturated carbocycles. The number of esters is 1. The Hall–Kier alpha value is -2.36. The average Bonchev–Trinajstić information content (AvgIpc) is 3.34. The Morgan fingerprint density at radius 3 is 2.19 bits per heavy atom. The third kappa shape index (κ3) is 3.71. The summed E-state index contributed by atoms with van der Waals surface area (Å²) in [6.45, 7) is 19.4. The van der Waals surface area contributed by atoms with Gasteiger partial charge in [-0.2, -0.15) is 0 Å². The minimum atomic E-state index is -0.341. The molecule has 42 heavy (non-hydrogen) atoms. The lowest BCUT2D eigenvalue weighted by molar-refractivity contribution is -0.224. The second-order valence-electron chi connectivity index (χ2n) is 16.3. The van der Waals surface area contributed by atoms with E-state index < -0.39 is 0 Å². The SMILES string of the molecule is C=C(C)[C@@H]1CC[C@]2(C(N)=O)CC[C@]3(C)C(CC[C@@H]4[C@@]5(C)CC=C(c6ccc(C(=O)OC)cc6)C(C)(C)[C@@H]5CC[C@]43C)[C@@H]12. The third-order valence-corrected chi connectivity index (χ3v) is 14.8. The van der Waals surface area contributed by atoms with Gasteiger partial charge in [-0.15, -0.1) is 0 Å². The van der Waals surface area contributed by atoms with Crippen LogP contribution in [0.25, 0.3) is 5.57 Å². The van der Waals surface area contributed by atoms with Crippen LogP contribution >= 0.6 is 0 Å². The van der Waals surface area contributed by atoms with E-state index in [1.54, 1.807) is 0 Å². The van der Waals surface area contributed by atoms with E-state index in [9.17, 15) is 9.59 Å². The van der Waals surface area contributed by atoms with Crippen LogP contribution in [0.3, 0.4) is 0 Å². The monoisotopic (exact) mass is 571 g/mol. The van der Waals surface area contributed by atoms with Crippen molar-refractivity contribution in [3.63, 3.8) is 0 Å². The van der Waals surface area contributed by atoms with Crippen molar-refractivity contribution in [3.05, 3.63) is 53.6 Å². The van der Waals surface area contributed by atoms with E-state index in [0.717, 1.165) is 32.1 Å². The van der Waals surface area contributed by atoms with Gasteiger partial charge in [0.2, 0.25) is 5.91 Å². The molecule has 0 aliphatic heterocycles. The number of ether oxygens (including phenoxy) is 1. The molecule has 1 amide bonds. The molecule has 0 radical (unpaired) electrons. The predicted octanol–water partition coefficient (Wildman–Crippen LogP) is 8.61. The summed E-state index contributed by atoms with van der Waals surface area (Å²) < 4.78 is 4.93. The van der Waals surface area contributed by atoms with Crippen LogP contribution in [-0.2, 0) is 9.53 Å². The number of fused-ring (bicyclic) bond motifs is 7. The maximum Gasteiger partial charge on any atom is 0.337 e. The number of hydrogen-bond donors (Lipinski definition) is 1. The molecule has 0 spiro atoms. The molecule has 9 atom stereocenters. The van der Waals surface area contributed by atoms with E-state index >= 15 is 0 Å². The second-order valence-corrected chi connectivity index (χ2v) is 16.3. The van der Waals surface area contributed by atoms with E-state index in [0.29, 0.717) is 35.2 Å². The van der Waals surface area contributed by atoms with Crippen molar-refractivity contribution in [2.24, 2.45) is 62.4 Å². The number of amides is 1. The lowest BCUT2D eigenvalue weighted by Gasteiger charge is -2.72. The zero-order valence-corrected chi connectivity index (χ0v) is 27.1. The molecule has 1 aromatic rings. The third-order valence-electron chi connectivity index (χ3n) is 14.8. The highest BCUT2D eigenvalue weighted by Gasteiger charge is 2.71. The van der Waals surface area contributed by atoms with Gasteiger partial charge in [0.15, 0.2) is 0 Å². The smallest absolute Gasteiger partial charge is 0.337 e. The first-order valence-corrected chi connectivity index (χ1v) is 16.5. The highest BCUT2D eigenvalue weighted by molar-refractivity contribution is 5.90. The molecule has 4 heteroatoms. The van der Waals surface area contributed by atoms with E-state index in [1.807, 2.05) is 12.1 Å². The first-order valence-electron chi connectivity index (χ1n) is 16.5. The summed E-state index contributed by atoms with van der Waals surface area (Å²) in [6.07, 6.45) is 12.6. The van der Waals surface area contributed by atoms with E-state index in [2.05, 4.69) is 66.3 Å². The van der Waals surface area contributed by atoms with E-state index in [4.69, 9.17) is 10.5 Å². The molecule has 4 nitrogen and oxygen atoms in total. The summed E-state index contributed by atoms with van der Waals surface area (Å²) in [4.78, 5) is 25.2. The zero-order chi connectivity index (χ0) is 30.5. The van der Waals surface area contributed by atoms with E-state index in [1.165, 1.54) is 49.5 Å². The Labute approximate surface area is 253 Å². The molecule has 0 aromatic heterocycles. The molecular formula is C38H53NO3. The average molecular weight is 572 g/mol. The summed E-state index contributed by atoms with van der Waals surface area (Å²) in [7, 11) is 1.43. The van der Waals surface area contributed by atoms with Gasteiger partial charge >= 0.3 is 5.97 Å². The minimum Gasteiger partial charge on any atom is -0.465 e. The van der Waals surface area contributed by atoms with Crippen molar-refractivity contribution in [2.75, 3.05) is 7.11 Å². The van der Waals surface area contributed by atoms with Gasteiger partial charge in [0, 0.05) is 0 Å². The summed E-state index contributed by atoms with van der Waals surface area (Å²) in [5.74, 6) is 2.19. The fraction of sp³-hybridized carbons (Fsp3) is 0.684. The van der Waals surface area contributed by atoms with Crippen LogP contribution in [0.5, 0.6) is 0 Å². The topological polar surface area (TPSA) is 69.4 Å². The molecule has 228 valence electrons. The molecule has 0 saturated heterocycles. The van der Waals surface area contributed by atoms with Crippen molar-refractivity contribution in [1.29, 1.82) is 0 Å². The Kier molecular flexibility index (Phi) is 6.77. The van der Waals surface area contributed by atoms with Gasteiger partial charge in [-0.25, -0.2) is 4.79 Å². The molecule has 5 aliphatic rings. The van der Waals surface area contributed by atoms with Gasteiger partial charge in [0.05, 0.1) is 18.1 Å². The van der Waals surface area contributed by atoms with Gasteiger partial charge in [-0.05, 0) is 139 Å². The number of hydrogen-bond acceptors (Lipinski definition) is 3. The molecule has 2 N–H and O–H groups in total. The van der Waals surface area contributed by atoms with Gasteiger partial charge in [-0.1, -0.05) is 65.0 Å². The summed E-state index contributed by atoms with van der Waals surface area (Å²) in [5, 5.41) is 0. The van der Waals surface area contributed by atoms with Gasteiger partial charge < -0.3 is 10.5 Å². The number of rotatable bonds is 4. The van der Waals surface area contributed by atoms with Crippen molar-refractivity contribution in [2.45, 2.75) is 99.3 Å². The number of allylic oxidation sites excluding steroid dienone is 3. The zero-order valence-electron chi connectivity index (χ0n) is 27.1. The van der Waals surface area contributed by atoms with Crippen LogP contribution in [-0.4, -0.2) is 19.0 Å². The number of carbonyl (C=O) groups excluding carboxylic acids is 2. The molecular weight excluding hydrogens is 518 g/mol. The number of nitrogens with two attached hydrogens (primary N) is 1. The van der Waals surface area contributed by atoms with Crippen molar-refractivity contribution in [3.8, 4) is 0 Å². The minimum absolute atomic E-state index is 0.0308. The van der Waals surface area contributed by atoms with Crippen LogP contribution in [0.15, 0.2) is 42.5 Å².